The number of rotatable bonds is 11. The number of carboxylic acid groups (broad SMARTS) is 1. The highest BCUT2D eigenvalue weighted by atomic mass is 16.5. The number of aromatic nitrogens is 1. The van der Waals surface area contributed by atoms with Crippen molar-refractivity contribution >= 4 is 28.6 Å². The first-order chi connectivity index (χ1) is 17.0. The van der Waals surface area contributed by atoms with Crippen LogP contribution in [0.2, 0.25) is 0 Å². The number of benzene rings is 2. The molecule has 2 heterocycles. The molecule has 8 nitrogen and oxygen atoms in total. The average molecular weight is 480 g/mol. The molecule has 0 unspecified atom stereocenters. The Morgan fingerprint density at radius 3 is 2.71 bits per heavy atom. The van der Waals surface area contributed by atoms with Gasteiger partial charge in [-0.25, -0.2) is 4.79 Å². The summed E-state index contributed by atoms with van der Waals surface area (Å²) in [5, 5.41) is 10.1. The number of hydrogen-bond acceptors (Lipinski definition) is 4. The summed E-state index contributed by atoms with van der Waals surface area (Å²) < 4.78 is 13.2. The lowest BCUT2D eigenvalue weighted by molar-refractivity contribution is -0.137. The fourth-order valence-corrected chi connectivity index (χ4v) is 4.56. The Hall–Kier alpha value is -3.68. The summed E-state index contributed by atoms with van der Waals surface area (Å²) in [6.07, 6.45) is 5.83. The highest BCUT2D eigenvalue weighted by Crippen LogP contribution is 2.34. The lowest BCUT2D eigenvalue weighted by atomic mass is 10.1. The quantitative estimate of drug-likeness (QED) is 0.385. The molecule has 0 atom stereocenters. The Kier molecular flexibility index (Phi) is 7.80. The fourth-order valence-electron chi connectivity index (χ4n) is 4.56. The van der Waals surface area contributed by atoms with E-state index in [0.29, 0.717) is 37.7 Å². The molecule has 1 saturated heterocycles. The first-order valence-electron chi connectivity index (χ1n) is 12.2. The maximum atomic E-state index is 13.5. The molecule has 3 aromatic rings. The summed E-state index contributed by atoms with van der Waals surface area (Å²) in [7, 11) is 1.62. The van der Waals surface area contributed by atoms with Gasteiger partial charge in [0.15, 0.2) is 11.5 Å². The van der Waals surface area contributed by atoms with E-state index in [1.807, 2.05) is 47.4 Å². The minimum Gasteiger partial charge on any atom is -0.493 e. The lowest BCUT2D eigenvalue weighted by Gasteiger charge is -2.36. The van der Waals surface area contributed by atoms with Crippen LogP contribution in [0.1, 0.15) is 38.2 Å². The molecule has 2 aromatic carbocycles. The number of anilines is 1. The van der Waals surface area contributed by atoms with E-state index in [-0.39, 0.29) is 12.6 Å². The molecular weight excluding hydrogens is 446 g/mol. The Labute approximate surface area is 205 Å². The summed E-state index contributed by atoms with van der Waals surface area (Å²) in [6.45, 7) is 4.43. The van der Waals surface area contributed by atoms with Crippen LogP contribution in [0.3, 0.4) is 0 Å². The number of methoxy groups -OCH3 is 1. The number of urea groups is 1. The second kappa shape index (κ2) is 11.2. The van der Waals surface area contributed by atoms with E-state index in [9.17, 15) is 14.7 Å². The Morgan fingerprint density at radius 2 is 1.94 bits per heavy atom. The Morgan fingerprint density at radius 1 is 1.09 bits per heavy atom. The van der Waals surface area contributed by atoms with Crippen LogP contribution in [0.4, 0.5) is 10.5 Å². The van der Waals surface area contributed by atoms with E-state index >= 15 is 0 Å². The molecule has 0 radical (unpaired) electrons. The topological polar surface area (TPSA) is 84.2 Å². The zero-order valence-corrected chi connectivity index (χ0v) is 20.4. The summed E-state index contributed by atoms with van der Waals surface area (Å²) in [4.78, 5) is 28.3. The van der Waals surface area contributed by atoms with Gasteiger partial charge >= 0.3 is 12.0 Å². The van der Waals surface area contributed by atoms with Gasteiger partial charge in [-0.3, -0.25) is 9.69 Å². The van der Waals surface area contributed by atoms with E-state index < -0.39 is 5.97 Å². The third-order valence-electron chi connectivity index (χ3n) is 6.35. The van der Waals surface area contributed by atoms with Crippen LogP contribution in [0.5, 0.6) is 11.5 Å². The number of hydrogen-bond donors (Lipinski definition) is 1. The second-order valence-corrected chi connectivity index (χ2v) is 8.79. The summed E-state index contributed by atoms with van der Waals surface area (Å²) in [5.74, 6) is 0.419. The van der Waals surface area contributed by atoms with Crippen molar-refractivity contribution in [2.24, 2.45) is 0 Å². The van der Waals surface area contributed by atoms with Crippen LogP contribution in [-0.2, 0) is 17.9 Å². The number of ether oxygens (including phenoxy) is 2. The number of carboxylic acids is 1. The lowest BCUT2D eigenvalue weighted by Crippen LogP contribution is -2.49. The first-order valence-corrected chi connectivity index (χ1v) is 12.2. The molecule has 1 aromatic heterocycles. The van der Waals surface area contributed by atoms with Gasteiger partial charge in [0, 0.05) is 48.5 Å². The Balaban J connectivity index is 1.52. The van der Waals surface area contributed by atoms with Crippen molar-refractivity contribution in [3.63, 3.8) is 0 Å². The second-order valence-electron chi connectivity index (χ2n) is 8.79. The molecule has 0 bridgehead atoms. The predicted octanol–water partition coefficient (Wildman–Crippen LogP) is 5.14. The highest BCUT2D eigenvalue weighted by Gasteiger charge is 2.28. The Bertz CT molecular complexity index is 1190. The monoisotopic (exact) mass is 479 g/mol. The number of amides is 2. The zero-order valence-electron chi connectivity index (χ0n) is 20.4. The first kappa shape index (κ1) is 24.4. The molecule has 1 aliphatic heterocycles. The molecular formula is C27H33N3O5. The third kappa shape index (κ3) is 5.53. The molecule has 0 spiro atoms. The maximum Gasteiger partial charge on any atom is 0.324 e. The van der Waals surface area contributed by atoms with Crippen LogP contribution in [0, 0.1) is 0 Å². The van der Waals surface area contributed by atoms with E-state index in [1.54, 1.807) is 22.8 Å². The molecule has 1 N–H and O–H groups in total. The molecule has 0 aliphatic carbocycles. The van der Waals surface area contributed by atoms with Crippen LogP contribution >= 0.6 is 0 Å². The van der Waals surface area contributed by atoms with Gasteiger partial charge in [0.05, 0.1) is 13.7 Å². The molecule has 4 rings (SSSR count). The van der Waals surface area contributed by atoms with E-state index in [1.165, 1.54) is 0 Å². The number of nitrogens with zero attached hydrogens (tertiary/aromatic N) is 3. The summed E-state index contributed by atoms with van der Waals surface area (Å²) in [5.41, 5.74) is 2.64. The maximum absolute atomic E-state index is 13.5. The fraction of sp³-hybridized carbons (Fsp3) is 0.407. The molecule has 2 amide bonds. The normalized spacial score (nSPS) is 13.9. The summed E-state index contributed by atoms with van der Waals surface area (Å²) >= 11 is 0. The van der Waals surface area contributed by atoms with Gasteiger partial charge in [-0.05, 0) is 42.7 Å². The van der Waals surface area contributed by atoms with Crippen molar-refractivity contribution in [2.45, 2.75) is 45.7 Å². The zero-order chi connectivity index (χ0) is 24.8. The van der Waals surface area contributed by atoms with Gasteiger partial charge in [0.25, 0.3) is 0 Å². The van der Waals surface area contributed by atoms with Crippen LogP contribution in [0.25, 0.3) is 10.9 Å². The van der Waals surface area contributed by atoms with E-state index in [0.717, 1.165) is 47.8 Å². The van der Waals surface area contributed by atoms with Crippen molar-refractivity contribution in [1.82, 2.24) is 9.47 Å². The average Bonchev–Trinajstić information content (AvgIpc) is 3.26. The number of carbonyl (C=O) groups is 2. The van der Waals surface area contributed by atoms with E-state index in [4.69, 9.17) is 9.47 Å². The van der Waals surface area contributed by atoms with Gasteiger partial charge in [0.1, 0.15) is 6.54 Å². The van der Waals surface area contributed by atoms with Crippen molar-refractivity contribution in [3.8, 4) is 11.5 Å². The molecule has 186 valence electrons. The van der Waals surface area contributed by atoms with Gasteiger partial charge in [-0.1, -0.05) is 31.9 Å². The third-order valence-corrected chi connectivity index (χ3v) is 6.35. The van der Waals surface area contributed by atoms with Gasteiger partial charge in [-0.2, -0.15) is 0 Å². The van der Waals surface area contributed by atoms with Crippen molar-refractivity contribution < 1.29 is 24.2 Å². The standard InChI is InChI=1S/C27H33N3O5/c1-3-4-5-16-35-25-17-21(10-11-24(25)34-2)30-14-7-13-29(27(30)33)18-20-8-6-9-23-22(20)12-15-28(23)19-26(31)32/h6,8-12,15,17H,3-5,7,13-14,16,18-19H2,1-2H3,(H,31,32). The van der Waals surface area contributed by atoms with Crippen molar-refractivity contribution in [2.75, 3.05) is 31.7 Å². The highest BCUT2D eigenvalue weighted by molar-refractivity contribution is 5.93. The SMILES string of the molecule is CCCCCOc1cc(N2CCCN(Cc3cccc4c3ccn4CC(=O)O)C2=O)ccc1OC. The molecule has 8 heteroatoms. The smallest absolute Gasteiger partial charge is 0.324 e. The van der Waals surface area contributed by atoms with Gasteiger partial charge < -0.3 is 24.0 Å². The van der Waals surface area contributed by atoms with Crippen LogP contribution < -0.4 is 14.4 Å². The predicted molar refractivity (Wildman–Crippen MR) is 135 cm³/mol. The van der Waals surface area contributed by atoms with Gasteiger partial charge in [-0.15, -0.1) is 0 Å². The minimum absolute atomic E-state index is 0.0553. The van der Waals surface area contributed by atoms with Crippen molar-refractivity contribution in [1.29, 1.82) is 0 Å². The van der Waals surface area contributed by atoms with Crippen molar-refractivity contribution in [3.05, 3.63) is 54.2 Å². The minimum atomic E-state index is -0.886. The van der Waals surface area contributed by atoms with Crippen LogP contribution in [0.15, 0.2) is 48.7 Å². The van der Waals surface area contributed by atoms with Crippen LogP contribution in [-0.4, -0.2) is 53.4 Å². The number of unbranched alkanes of at least 4 members (excludes halogenated alkanes) is 2. The molecule has 0 saturated carbocycles. The number of fused-ring (bicyclic) bond motifs is 1. The van der Waals surface area contributed by atoms with E-state index in [2.05, 4.69) is 6.92 Å². The molecule has 35 heavy (non-hydrogen) atoms. The molecule has 1 fully saturated rings. The molecule has 1 aliphatic rings. The number of aliphatic carboxylic acids is 1. The summed E-state index contributed by atoms with van der Waals surface area (Å²) in [6, 6.07) is 13.3. The van der Waals surface area contributed by atoms with Gasteiger partial charge in [0.2, 0.25) is 0 Å². The number of carbonyl (C=O) groups excluding carboxylic acids is 1. The largest absolute Gasteiger partial charge is 0.493 e.